The molecule has 0 aliphatic rings. The van der Waals surface area contributed by atoms with Crippen LogP contribution in [0, 0.1) is 6.92 Å². The number of carbonyl (C=O) groups excluding carboxylic acids is 2. The fraction of sp³-hybridized carbons (Fsp3) is 0.176. The molecule has 0 aliphatic carbocycles. The first-order chi connectivity index (χ1) is 13.0. The number of thioether (sulfide) groups is 1. The molecule has 2 aromatic rings. The Morgan fingerprint density at radius 3 is 2.25 bits per heavy atom. The van der Waals surface area contributed by atoms with Crippen molar-refractivity contribution >= 4 is 52.6 Å². The molecule has 2 rings (SSSR count). The molecule has 0 atom stereocenters. The normalized spacial score (nSPS) is 11.4. The van der Waals surface area contributed by atoms with Gasteiger partial charge in [-0.1, -0.05) is 29.3 Å². The molecule has 2 N–H and O–H groups in total. The van der Waals surface area contributed by atoms with Crippen LogP contribution in [0.25, 0.3) is 0 Å². The topological polar surface area (TPSA) is 58.2 Å². The Kier molecular flexibility index (Phi) is 7.19. The third-order valence-corrected chi connectivity index (χ3v) is 4.94. The van der Waals surface area contributed by atoms with Gasteiger partial charge in [0.05, 0.1) is 15.6 Å². The zero-order valence-corrected chi connectivity index (χ0v) is 16.4. The van der Waals surface area contributed by atoms with Crippen LogP contribution >= 0.6 is 35.0 Å². The monoisotopic (exact) mass is 454 g/mol. The van der Waals surface area contributed by atoms with Gasteiger partial charge >= 0.3 is 17.7 Å². The van der Waals surface area contributed by atoms with Crippen molar-refractivity contribution in [1.29, 1.82) is 0 Å². The van der Waals surface area contributed by atoms with Crippen LogP contribution in [-0.4, -0.2) is 23.6 Å². The van der Waals surface area contributed by atoms with Crippen LogP contribution in [-0.2, 0) is 0 Å². The summed E-state index contributed by atoms with van der Waals surface area (Å²) in [5, 5.41) is 0.266. The van der Waals surface area contributed by atoms with Gasteiger partial charge in [-0.3, -0.25) is 10.1 Å². The Hall–Kier alpha value is -1.97. The first-order valence-corrected chi connectivity index (χ1v) is 9.10. The largest absolute Gasteiger partial charge is 0.357 e. The molecule has 0 aromatic heterocycles. The number of anilines is 1. The Labute approximate surface area is 171 Å². The molecule has 0 saturated carbocycles. The maximum absolute atomic E-state index is 13.1. The second-order valence-electron chi connectivity index (χ2n) is 5.45. The molecule has 28 heavy (non-hydrogen) atoms. The minimum absolute atomic E-state index is 0.0512. The minimum Gasteiger partial charge on any atom is -0.307 e. The molecule has 4 nitrogen and oxygen atoms in total. The van der Waals surface area contributed by atoms with Gasteiger partial charge in [0.25, 0.3) is 5.91 Å². The summed E-state index contributed by atoms with van der Waals surface area (Å²) in [5.41, 5.74) is 0.437. The van der Waals surface area contributed by atoms with Gasteiger partial charge in [-0.2, -0.15) is 8.78 Å². The highest BCUT2D eigenvalue weighted by atomic mass is 35.5. The first kappa shape index (κ1) is 22.3. The van der Waals surface area contributed by atoms with E-state index in [1.54, 1.807) is 0 Å². The summed E-state index contributed by atoms with van der Waals surface area (Å²) >= 11 is 11.5. The van der Waals surface area contributed by atoms with E-state index in [-0.39, 0.29) is 38.0 Å². The molecule has 0 radical (unpaired) electrons. The number of benzene rings is 2. The fourth-order valence-electron chi connectivity index (χ4n) is 2.08. The smallest absolute Gasteiger partial charge is 0.307 e. The van der Waals surface area contributed by atoms with E-state index in [2.05, 4.69) is 5.32 Å². The Balaban J connectivity index is 2.07. The van der Waals surface area contributed by atoms with Crippen LogP contribution in [0.15, 0.2) is 41.3 Å². The van der Waals surface area contributed by atoms with Gasteiger partial charge in [0.15, 0.2) is 0 Å². The second-order valence-corrected chi connectivity index (χ2v) is 7.48. The second kappa shape index (κ2) is 9.02. The lowest BCUT2D eigenvalue weighted by Crippen LogP contribution is -2.34. The average Bonchev–Trinajstić information content (AvgIpc) is 2.56. The van der Waals surface area contributed by atoms with E-state index in [0.717, 1.165) is 6.07 Å². The van der Waals surface area contributed by atoms with Gasteiger partial charge in [-0.05, 0) is 54.6 Å². The van der Waals surface area contributed by atoms with Crippen molar-refractivity contribution in [2.45, 2.75) is 23.5 Å². The van der Waals surface area contributed by atoms with Crippen molar-refractivity contribution in [1.82, 2.24) is 5.32 Å². The molecule has 150 valence electrons. The third kappa shape index (κ3) is 5.52. The van der Waals surface area contributed by atoms with Crippen LogP contribution in [0.2, 0.25) is 10.0 Å². The summed E-state index contributed by atoms with van der Waals surface area (Å²) in [5.74, 6) is -0.838. The van der Waals surface area contributed by atoms with Gasteiger partial charge in [0, 0.05) is 10.6 Å². The van der Waals surface area contributed by atoms with Crippen LogP contribution in [0.4, 0.5) is 28.0 Å². The highest BCUT2D eigenvalue weighted by molar-refractivity contribution is 8.00. The predicted molar refractivity (Wildman–Crippen MR) is 101 cm³/mol. The Morgan fingerprint density at radius 1 is 1.11 bits per heavy atom. The van der Waals surface area contributed by atoms with Crippen molar-refractivity contribution in [2.24, 2.45) is 0 Å². The molecule has 0 bridgehead atoms. The number of carbonyl (C=O) groups is 2. The maximum Gasteiger partial charge on any atom is 0.357 e. The van der Waals surface area contributed by atoms with E-state index in [0.29, 0.717) is 5.56 Å². The highest BCUT2D eigenvalue weighted by Gasteiger charge is 2.42. The van der Waals surface area contributed by atoms with Crippen molar-refractivity contribution in [2.75, 3.05) is 5.32 Å². The minimum atomic E-state index is -4.24. The van der Waals surface area contributed by atoms with E-state index < -0.39 is 23.6 Å². The molecular formula is C17H12Cl2F4N2O2S. The number of halogens is 6. The molecule has 0 saturated heterocycles. The van der Waals surface area contributed by atoms with Gasteiger partial charge in [-0.25, -0.2) is 13.6 Å². The summed E-state index contributed by atoms with van der Waals surface area (Å²) in [6, 6.07) is 7.08. The van der Waals surface area contributed by atoms with E-state index in [4.69, 9.17) is 23.2 Å². The molecule has 0 unspecified atom stereocenters. The number of hydrogen-bond acceptors (Lipinski definition) is 3. The first-order valence-electron chi connectivity index (χ1n) is 7.53. The Bertz CT molecular complexity index is 892. The number of rotatable bonds is 5. The quantitative estimate of drug-likeness (QED) is 0.416. The van der Waals surface area contributed by atoms with Crippen LogP contribution in [0.1, 0.15) is 15.9 Å². The molecule has 3 amide bonds. The van der Waals surface area contributed by atoms with Crippen LogP contribution in [0.5, 0.6) is 0 Å². The van der Waals surface area contributed by atoms with E-state index >= 15 is 0 Å². The lowest BCUT2D eigenvalue weighted by atomic mass is 10.2. The van der Waals surface area contributed by atoms with E-state index in [1.165, 1.54) is 37.3 Å². The number of hydrogen-bond donors (Lipinski definition) is 2. The number of alkyl halides is 4. The van der Waals surface area contributed by atoms with E-state index in [1.807, 2.05) is 5.32 Å². The summed E-state index contributed by atoms with van der Waals surface area (Å²) in [6.07, 6.45) is -3.82. The molecule has 0 aliphatic heterocycles. The Morgan fingerprint density at radius 2 is 1.71 bits per heavy atom. The van der Waals surface area contributed by atoms with Gasteiger partial charge in [0.2, 0.25) is 0 Å². The number of imide groups is 1. The number of aryl methyl sites for hydroxylation is 1. The lowest BCUT2D eigenvalue weighted by molar-refractivity contribution is -0.0563. The van der Waals surface area contributed by atoms with Gasteiger partial charge < -0.3 is 5.32 Å². The summed E-state index contributed by atoms with van der Waals surface area (Å²) < 4.78 is 50.8. The zero-order chi connectivity index (χ0) is 21.1. The van der Waals surface area contributed by atoms with Gasteiger partial charge in [0.1, 0.15) is 0 Å². The number of urea groups is 1. The van der Waals surface area contributed by atoms with Gasteiger partial charge in [-0.15, -0.1) is 0 Å². The van der Waals surface area contributed by atoms with Crippen molar-refractivity contribution < 1.29 is 27.2 Å². The summed E-state index contributed by atoms with van der Waals surface area (Å²) in [4.78, 5) is 24.1. The average molecular weight is 455 g/mol. The molecule has 0 spiro atoms. The molecule has 0 fully saturated rings. The van der Waals surface area contributed by atoms with Crippen molar-refractivity contribution in [3.05, 3.63) is 57.6 Å². The predicted octanol–water partition coefficient (Wildman–Crippen LogP) is 6.21. The number of nitrogens with one attached hydrogen (secondary N) is 2. The van der Waals surface area contributed by atoms with Crippen LogP contribution in [0.3, 0.4) is 0 Å². The number of amides is 3. The SMILES string of the molecule is Cc1cc(SC(F)(F)C(F)F)ccc1NC(=O)NC(=O)c1c(Cl)cccc1Cl. The summed E-state index contributed by atoms with van der Waals surface area (Å²) in [6.45, 7) is 1.48. The zero-order valence-electron chi connectivity index (χ0n) is 14.0. The molecule has 0 heterocycles. The van der Waals surface area contributed by atoms with Crippen LogP contribution < -0.4 is 10.6 Å². The highest BCUT2D eigenvalue weighted by Crippen LogP contribution is 2.41. The molecule has 11 heteroatoms. The summed E-state index contributed by atoms with van der Waals surface area (Å²) in [7, 11) is 0. The van der Waals surface area contributed by atoms with E-state index in [9.17, 15) is 27.2 Å². The lowest BCUT2D eigenvalue weighted by Gasteiger charge is -2.16. The maximum atomic E-state index is 13.1. The third-order valence-electron chi connectivity index (χ3n) is 3.37. The fourth-order valence-corrected chi connectivity index (χ4v) is 3.42. The molecular weight excluding hydrogens is 443 g/mol. The van der Waals surface area contributed by atoms with Crippen molar-refractivity contribution in [3.8, 4) is 0 Å². The van der Waals surface area contributed by atoms with Crippen molar-refractivity contribution in [3.63, 3.8) is 0 Å². The molecule has 2 aromatic carbocycles. The standard InChI is InChI=1S/C17H12Cl2F4N2O2S/c1-8-7-9(28-17(22,23)15(20)21)5-6-12(8)24-16(27)25-14(26)13-10(18)3-2-4-11(13)19/h2-7,15H,1H3,(H2,24,25,26,27).